The van der Waals surface area contributed by atoms with Crippen molar-refractivity contribution in [2.45, 2.75) is 33.2 Å². The Morgan fingerprint density at radius 1 is 1.32 bits per heavy atom. The van der Waals surface area contributed by atoms with Crippen LogP contribution in [0.1, 0.15) is 35.7 Å². The highest BCUT2D eigenvalue weighted by Crippen LogP contribution is 2.23. The zero-order valence-electron chi connectivity index (χ0n) is 12.8. The van der Waals surface area contributed by atoms with Gasteiger partial charge in [0.25, 0.3) is 0 Å². The molecular formula is C17H18N2O3. The molecule has 0 aliphatic rings. The minimum atomic E-state index is -0.194. The second-order valence-corrected chi connectivity index (χ2v) is 5.46. The number of hydrogen-bond acceptors (Lipinski definition) is 4. The van der Waals surface area contributed by atoms with Gasteiger partial charge in [-0.25, -0.2) is 0 Å². The highest BCUT2D eigenvalue weighted by Gasteiger charge is 2.17. The molecule has 5 heteroatoms. The van der Waals surface area contributed by atoms with Crippen LogP contribution in [0.5, 0.6) is 0 Å². The summed E-state index contributed by atoms with van der Waals surface area (Å²) in [6.45, 7) is 5.55. The fraction of sp³-hybridized carbons (Fsp3) is 0.294. The van der Waals surface area contributed by atoms with Crippen LogP contribution in [0.25, 0.3) is 11.0 Å². The normalized spacial score (nSPS) is 12.5. The Labute approximate surface area is 128 Å². The Morgan fingerprint density at radius 3 is 2.77 bits per heavy atom. The number of furan rings is 1. The lowest BCUT2D eigenvalue weighted by atomic mass is 10.1. The summed E-state index contributed by atoms with van der Waals surface area (Å²) < 4.78 is 10.8. The molecule has 1 N–H and O–H groups in total. The standard InChI is InChI=1S/C17H18N2O3/c1-10-14(12(3)22-19-10)9-17(20)18-11(2)16-8-13-6-4-5-7-15(13)21-16/h4-8,11H,9H2,1-3H3,(H,18,20)/t11-/m1/s1. The summed E-state index contributed by atoms with van der Waals surface area (Å²) in [6.07, 6.45) is 0.256. The summed E-state index contributed by atoms with van der Waals surface area (Å²) in [7, 11) is 0. The van der Waals surface area contributed by atoms with Gasteiger partial charge >= 0.3 is 0 Å². The number of amides is 1. The Kier molecular flexibility index (Phi) is 3.71. The molecule has 1 amide bonds. The molecule has 0 saturated heterocycles. The molecule has 3 rings (SSSR count). The maximum absolute atomic E-state index is 12.2. The van der Waals surface area contributed by atoms with Gasteiger partial charge in [-0.15, -0.1) is 0 Å². The molecule has 0 bridgehead atoms. The van der Waals surface area contributed by atoms with Crippen LogP contribution >= 0.6 is 0 Å². The maximum atomic E-state index is 12.2. The molecule has 114 valence electrons. The first-order valence-corrected chi connectivity index (χ1v) is 7.24. The van der Waals surface area contributed by atoms with Gasteiger partial charge in [0.05, 0.1) is 18.2 Å². The number of nitrogens with one attached hydrogen (secondary N) is 1. The lowest BCUT2D eigenvalue weighted by Gasteiger charge is -2.11. The summed E-state index contributed by atoms with van der Waals surface area (Å²) in [5, 5.41) is 7.84. The molecule has 0 saturated carbocycles. The number of fused-ring (bicyclic) bond motifs is 1. The SMILES string of the molecule is Cc1noc(C)c1CC(=O)N[C@H](C)c1cc2ccccc2o1. The van der Waals surface area contributed by atoms with Gasteiger partial charge < -0.3 is 14.3 Å². The smallest absolute Gasteiger partial charge is 0.225 e. The van der Waals surface area contributed by atoms with E-state index in [1.807, 2.05) is 51.1 Å². The van der Waals surface area contributed by atoms with Crippen molar-refractivity contribution < 1.29 is 13.7 Å². The van der Waals surface area contributed by atoms with Crippen molar-refractivity contribution in [2.75, 3.05) is 0 Å². The molecule has 2 heterocycles. The number of aryl methyl sites for hydroxylation is 2. The van der Waals surface area contributed by atoms with Crippen molar-refractivity contribution in [1.29, 1.82) is 0 Å². The lowest BCUT2D eigenvalue weighted by molar-refractivity contribution is -0.121. The molecule has 22 heavy (non-hydrogen) atoms. The number of nitrogens with zero attached hydrogens (tertiary/aromatic N) is 1. The van der Waals surface area contributed by atoms with Crippen LogP contribution in [0, 0.1) is 13.8 Å². The molecule has 0 aliphatic heterocycles. The van der Waals surface area contributed by atoms with E-state index in [-0.39, 0.29) is 18.4 Å². The van der Waals surface area contributed by atoms with Crippen LogP contribution in [0.15, 0.2) is 39.3 Å². The van der Waals surface area contributed by atoms with Gasteiger partial charge in [-0.05, 0) is 32.9 Å². The van der Waals surface area contributed by atoms with Crippen molar-refractivity contribution in [2.24, 2.45) is 0 Å². The Morgan fingerprint density at radius 2 is 2.09 bits per heavy atom. The highest BCUT2D eigenvalue weighted by atomic mass is 16.5. The monoisotopic (exact) mass is 298 g/mol. The van der Waals surface area contributed by atoms with E-state index >= 15 is 0 Å². The molecule has 0 spiro atoms. The van der Waals surface area contributed by atoms with Crippen LogP contribution in [0.3, 0.4) is 0 Å². The zero-order chi connectivity index (χ0) is 15.7. The van der Waals surface area contributed by atoms with E-state index < -0.39 is 0 Å². The topological polar surface area (TPSA) is 68.3 Å². The van der Waals surface area contributed by atoms with E-state index in [1.165, 1.54) is 0 Å². The number of carbonyl (C=O) groups excluding carboxylic acids is 1. The average molecular weight is 298 g/mol. The van der Waals surface area contributed by atoms with Crippen molar-refractivity contribution >= 4 is 16.9 Å². The fourth-order valence-electron chi connectivity index (χ4n) is 2.49. The third-order valence-electron chi connectivity index (χ3n) is 3.77. The van der Waals surface area contributed by atoms with Crippen molar-refractivity contribution in [1.82, 2.24) is 10.5 Å². The van der Waals surface area contributed by atoms with E-state index in [9.17, 15) is 4.79 Å². The molecule has 0 fully saturated rings. The summed E-state index contributed by atoms with van der Waals surface area (Å²) >= 11 is 0. The first-order chi connectivity index (χ1) is 10.5. The number of rotatable bonds is 4. The van der Waals surface area contributed by atoms with Gasteiger partial charge in [0.1, 0.15) is 17.1 Å². The quantitative estimate of drug-likeness (QED) is 0.801. The Bertz CT molecular complexity index is 764. The molecule has 0 unspecified atom stereocenters. The zero-order valence-corrected chi connectivity index (χ0v) is 12.8. The predicted molar refractivity (Wildman–Crippen MR) is 82.5 cm³/mol. The largest absolute Gasteiger partial charge is 0.459 e. The van der Waals surface area contributed by atoms with Gasteiger partial charge in [-0.3, -0.25) is 4.79 Å². The predicted octanol–water partition coefficient (Wildman–Crippen LogP) is 3.46. The number of aromatic nitrogens is 1. The van der Waals surface area contributed by atoms with E-state index in [4.69, 9.17) is 8.94 Å². The van der Waals surface area contributed by atoms with Crippen molar-refractivity contribution in [3.63, 3.8) is 0 Å². The van der Waals surface area contributed by atoms with E-state index in [0.29, 0.717) is 5.76 Å². The van der Waals surface area contributed by atoms with Crippen molar-refractivity contribution in [3.05, 3.63) is 53.1 Å². The highest BCUT2D eigenvalue weighted by molar-refractivity contribution is 5.80. The molecule has 3 aromatic rings. The molecule has 1 aromatic carbocycles. The van der Waals surface area contributed by atoms with E-state index in [0.717, 1.165) is 28.0 Å². The number of para-hydroxylation sites is 1. The first-order valence-electron chi connectivity index (χ1n) is 7.24. The van der Waals surface area contributed by atoms with Crippen LogP contribution in [-0.4, -0.2) is 11.1 Å². The van der Waals surface area contributed by atoms with E-state index in [1.54, 1.807) is 0 Å². The van der Waals surface area contributed by atoms with Gasteiger partial charge in [-0.2, -0.15) is 0 Å². The minimum Gasteiger partial charge on any atom is -0.459 e. The number of hydrogen-bond donors (Lipinski definition) is 1. The first kappa shape index (κ1) is 14.4. The molecule has 0 aliphatic carbocycles. The summed E-state index contributed by atoms with van der Waals surface area (Å²) in [4.78, 5) is 12.2. The minimum absolute atomic E-state index is 0.0812. The van der Waals surface area contributed by atoms with Crippen LogP contribution in [-0.2, 0) is 11.2 Å². The fourth-order valence-corrected chi connectivity index (χ4v) is 2.49. The van der Waals surface area contributed by atoms with Gasteiger partial charge in [0, 0.05) is 10.9 Å². The molecular weight excluding hydrogens is 280 g/mol. The summed E-state index contributed by atoms with van der Waals surface area (Å²) in [6, 6.07) is 9.55. The maximum Gasteiger partial charge on any atom is 0.225 e. The van der Waals surface area contributed by atoms with E-state index in [2.05, 4.69) is 10.5 Å². The van der Waals surface area contributed by atoms with Gasteiger partial charge in [0.2, 0.25) is 5.91 Å². The second-order valence-electron chi connectivity index (χ2n) is 5.46. The second kappa shape index (κ2) is 5.67. The number of benzene rings is 1. The molecule has 1 atom stereocenters. The van der Waals surface area contributed by atoms with Crippen LogP contribution in [0.4, 0.5) is 0 Å². The summed E-state index contributed by atoms with van der Waals surface area (Å²) in [5.41, 5.74) is 2.42. The molecule has 5 nitrogen and oxygen atoms in total. The average Bonchev–Trinajstić information content (AvgIpc) is 3.05. The van der Waals surface area contributed by atoms with Crippen LogP contribution in [0.2, 0.25) is 0 Å². The Balaban J connectivity index is 1.70. The molecule has 2 aromatic heterocycles. The summed E-state index contributed by atoms with van der Waals surface area (Å²) in [5.74, 6) is 1.35. The van der Waals surface area contributed by atoms with Crippen LogP contribution < -0.4 is 5.32 Å². The third-order valence-corrected chi connectivity index (χ3v) is 3.77. The van der Waals surface area contributed by atoms with Crippen molar-refractivity contribution in [3.8, 4) is 0 Å². The number of carbonyl (C=O) groups is 1. The lowest BCUT2D eigenvalue weighted by Crippen LogP contribution is -2.28. The Hall–Kier alpha value is -2.56. The molecule has 0 radical (unpaired) electrons. The van der Waals surface area contributed by atoms with Gasteiger partial charge in [0.15, 0.2) is 0 Å². The van der Waals surface area contributed by atoms with Gasteiger partial charge in [-0.1, -0.05) is 23.4 Å². The third kappa shape index (κ3) is 2.74.